The number of benzene rings is 1. The fourth-order valence-electron chi connectivity index (χ4n) is 4.00. The second-order valence-corrected chi connectivity index (χ2v) is 8.20. The van der Waals surface area contributed by atoms with Gasteiger partial charge in [0.1, 0.15) is 5.65 Å². The highest BCUT2D eigenvalue weighted by Crippen LogP contribution is 2.20. The van der Waals surface area contributed by atoms with Gasteiger partial charge in [-0.3, -0.25) is 18.7 Å². The molecule has 2 heterocycles. The lowest BCUT2D eigenvalue weighted by Crippen LogP contribution is -2.38. The van der Waals surface area contributed by atoms with Gasteiger partial charge in [0.15, 0.2) is 0 Å². The van der Waals surface area contributed by atoms with Gasteiger partial charge in [-0.15, -0.1) is 0 Å². The van der Waals surface area contributed by atoms with Crippen LogP contribution in [0, 0.1) is 13.8 Å². The lowest BCUT2D eigenvalue weighted by Gasteiger charge is -2.16. The molecule has 31 heavy (non-hydrogen) atoms. The van der Waals surface area contributed by atoms with Crippen molar-refractivity contribution >= 4 is 16.9 Å². The molecule has 0 aliphatic heterocycles. The van der Waals surface area contributed by atoms with Crippen LogP contribution in [-0.4, -0.2) is 26.1 Å². The number of amides is 1. The second kappa shape index (κ2) is 9.29. The van der Waals surface area contributed by atoms with E-state index in [4.69, 9.17) is 0 Å². The molecule has 3 aromatic rings. The van der Waals surface area contributed by atoms with Crippen LogP contribution in [0.3, 0.4) is 0 Å². The van der Waals surface area contributed by atoms with Gasteiger partial charge in [-0.2, -0.15) is 0 Å². The third-order valence-electron chi connectivity index (χ3n) is 5.89. The van der Waals surface area contributed by atoms with Crippen molar-refractivity contribution in [2.75, 3.05) is 0 Å². The molecule has 0 saturated heterocycles. The van der Waals surface area contributed by atoms with Crippen LogP contribution < -0.4 is 16.6 Å². The van der Waals surface area contributed by atoms with Crippen molar-refractivity contribution in [3.05, 3.63) is 73.6 Å². The molecule has 7 heteroatoms. The molecule has 1 amide bonds. The number of nitrogens with one attached hydrogen (secondary N) is 1. The number of aryl methyl sites for hydroxylation is 4. The molecule has 164 valence electrons. The fraction of sp³-hybridized carbons (Fsp3) is 0.417. The zero-order valence-corrected chi connectivity index (χ0v) is 18.9. The number of carbonyl (C=O) groups excluding carboxylic acids is 1. The van der Waals surface area contributed by atoms with E-state index in [0.717, 1.165) is 34.2 Å². The highest BCUT2D eigenvalue weighted by molar-refractivity contribution is 5.80. The minimum atomic E-state index is -0.402. The van der Waals surface area contributed by atoms with E-state index in [0.29, 0.717) is 23.9 Å². The van der Waals surface area contributed by atoms with Crippen LogP contribution in [0.1, 0.15) is 42.1 Å². The Morgan fingerprint density at radius 3 is 2.42 bits per heavy atom. The smallest absolute Gasteiger partial charge is 0.332 e. The monoisotopic (exact) mass is 422 g/mol. The van der Waals surface area contributed by atoms with E-state index in [1.54, 1.807) is 7.05 Å². The van der Waals surface area contributed by atoms with Gasteiger partial charge in [0.25, 0.3) is 5.56 Å². The minimum Gasteiger partial charge on any atom is -0.354 e. The van der Waals surface area contributed by atoms with E-state index in [-0.39, 0.29) is 17.5 Å². The summed E-state index contributed by atoms with van der Waals surface area (Å²) in [5, 5.41) is 3.50. The van der Waals surface area contributed by atoms with Crippen LogP contribution in [0.2, 0.25) is 0 Å². The lowest BCUT2D eigenvalue weighted by molar-refractivity contribution is -0.121. The molecule has 0 fully saturated rings. The molecule has 1 atom stereocenters. The summed E-state index contributed by atoms with van der Waals surface area (Å²) in [5.41, 5.74) is 3.28. The summed E-state index contributed by atoms with van der Waals surface area (Å²) in [6.07, 6.45) is 2.59. The van der Waals surface area contributed by atoms with E-state index < -0.39 is 5.69 Å². The Morgan fingerprint density at radius 2 is 1.74 bits per heavy atom. The number of hydrogen-bond acceptors (Lipinski definition) is 4. The highest BCUT2D eigenvalue weighted by atomic mass is 16.2. The number of rotatable bonds is 7. The van der Waals surface area contributed by atoms with Gasteiger partial charge in [0.05, 0.1) is 5.39 Å². The van der Waals surface area contributed by atoms with Crippen molar-refractivity contribution in [1.29, 1.82) is 0 Å². The van der Waals surface area contributed by atoms with Crippen LogP contribution in [0.25, 0.3) is 11.0 Å². The summed E-state index contributed by atoms with van der Waals surface area (Å²) in [7, 11) is 3.08. The molecule has 0 aliphatic carbocycles. The SMILES string of the molecule is Cc1nc2c(c(C)c1CCC(=O)NC(C)CCc1ccccc1)c(=O)n(C)c(=O)n2C. The van der Waals surface area contributed by atoms with Crippen molar-refractivity contribution in [2.45, 2.75) is 52.5 Å². The number of pyridine rings is 1. The summed E-state index contributed by atoms with van der Waals surface area (Å²) in [5.74, 6) is -0.0205. The van der Waals surface area contributed by atoms with Crippen molar-refractivity contribution in [3.8, 4) is 0 Å². The van der Waals surface area contributed by atoms with Gasteiger partial charge in [-0.1, -0.05) is 30.3 Å². The third-order valence-corrected chi connectivity index (χ3v) is 5.89. The van der Waals surface area contributed by atoms with E-state index in [2.05, 4.69) is 22.4 Å². The molecule has 0 saturated carbocycles. The van der Waals surface area contributed by atoms with Crippen LogP contribution in [0.5, 0.6) is 0 Å². The minimum absolute atomic E-state index is 0.0205. The molecular formula is C24H30N4O3. The average Bonchev–Trinajstić information content (AvgIpc) is 2.75. The molecule has 0 spiro atoms. The van der Waals surface area contributed by atoms with Gasteiger partial charge in [0.2, 0.25) is 5.91 Å². The topological polar surface area (TPSA) is 86.0 Å². The quantitative estimate of drug-likeness (QED) is 0.633. The van der Waals surface area contributed by atoms with E-state index in [9.17, 15) is 14.4 Å². The van der Waals surface area contributed by atoms with Crippen LogP contribution >= 0.6 is 0 Å². The van der Waals surface area contributed by atoms with Gasteiger partial charge < -0.3 is 5.32 Å². The first-order chi connectivity index (χ1) is 14.7. The van der Waals surface area contributed by atoms with Crippen molar-refractivity contribution in [1.82, 2.24) is 19.4 Å². The number of nitrogens with zero attached hydrogens (tertiary/aromatic N) is 3. The maximum absolute atomic E-state index is 12.7. The van der Waals surface area contributed by atoms with Crippen LogP contribution in [-0.2, 0) is 31.7 Å². The van der Waals surface area contributed by atoms with E-state index in [1.807, 2.05) is 39.0 Å². The molecule has 1 aromatic carbocycles. The Kier molecular flexibility index (Phi) is 6.73. The summed E-state index contributed by atoms with van der Waals surface area (Å²) in [4.78, 5) is 41.9. The predicted molar refractivity (Wildman–Crippen MR) is 122 cm³/mol. The molecule has 0 radical (unpaired) electrons. The Morgan fingerprint density at radius 1 is 1.06 bits per heavy atom. The zero-order valence-electron chi connectivity index (χ0n) is 18.9. The summed E-state index contributed by atoms with van der Waals surface area (Å²) >= 11 is 0. The molecule has 0 aliphatic rings. The number of hydrogen-bond donors (Lipinski definition) is 1. The molecule has 7 nitrogen and oxygen atoms in total. The Bertz CT molecular complexity index is 1230. The largest absolute Gasteiger partial charge is 0.354 e. The van der Waals surface area contributed by atoms with Gasteiger partial charge in [0, 0.05) is 32.3 Å². The van der Waals surface area contributed by atoms with Gasteiger partial charge in [-0.25, -0.2) is 9.78 Å². The standard InChI is InChI=1S/C24H30N4O3/c1-15(11-12-18-9-7-6-8-10-18)25-20(29)14-13-19-16(2)21-22(26-17(19)3)27(4)24(31)28(5)23(21)30/h6-10,15H,11-14H2,1-5H3,(H,25,29). The normalized spacial score (nSPS) is 12.2. The van der Waals surface area contributed by atoms with Crippen molar-refractivity contribution in [3.63, 3.8) is 0 Å². The first-order valence-electron chi connectivity index (χ1n) is 10.6. The Balaban J connectivity index is 1.71. The van der Waals surface area contributed by atoms with Gasteiger partial charge in [-0.05, 0) is 56.7 Å². The Labute approximate surface area is 181 Å². The van der Waals surface area contributed by atoms with Crippen molar-refractivity contribution in [2.24, 2.45) is 14.1 Å². The summed E-state index contributed by atoms with van der Waals surface area (Å²) in [6.45, 7) is 5.72. The second-order valence-electron chi connectivity index (χ2n) is 8.20. The Hall–Kier alpha value is -3.22. The third kappa shape index (κ3) is 4.76. The van der Waals surface area contributed by atoms with Crippen molar-refractivity contribution < 1.29 is 4.79 Å². The van der Waals surface area contributed by atoms with Crippen LogP contribution in [0.15, 0.2) is 39.9 Å². The van der Waals surface area contributed by atoms with Gasteiger partial charge >= 0.3 is 5.69 Å². The highest BCUT2D eigenvalue weighted by Gasteiger charge is 2.18. The molecular weight excluding hydrogens is 392 g/mol. The predicted octanol–water partition coefficient (Wildman–Crippen LogP) is 2.32. The first-order valence-corrected chi connectivity index (χ1v) is 10.6. The molecule has 2 aromatic heterocycles. The summed E-state index contributed by atoms with van der Waals surface area (Å²) < 4.78 is 2.49. The van der Waals surface area contributed by atoms with Crippen LogP contribution in [0.4, 0.5) is 0 Å². The number of carbonyl (C=O) groups is 1. The average molecular weight is 423 g/mol. The zero-order chi connectivity index (χ0) is 22.7. The number of fused-ring (bicyclic) bond motifs is 1. The van der Waals surface area contributed by atoms with E-state index >= 15 is 0 Å². The maximum atomic E-state index is 12.7. The molecule has 3 rings (SSSR count). The molecule has 1 unspecified atom stereocenters. The maximum Gasteiger partial charge on any atom is 0.332 e. The lowest BCUT2D eigenvalue weighted by atomic mass is 9.99. The van der Waals surface area contributed by atoms with E-state index in [1.165, 1.54) is 17.2 Å². The number of aromatic nitrogens is 3. The first kappa shape index (κ1) is 22.5. The summed E-state index contributed by atoms with van der Waals surface area (Å²) in [6, 6.07) is 10.3. The fourth-order valence-corrected chi connectivity index (χ4v) is 4.00. The molecule has 1 N–H and O–H groups in total. The molecule has 0 bridgehead atoms.